The summed E-state index contributed by atoms with van der Waals surface area (Å²) in [7, 11) is 1.57. The lowest BCUT2D eigenvalue weighted by molar-refractivity contribution is -0.383. The van der Waals surface area contributed by atoms with Gasteiger partial charge in [0.2, 0.25) is 0 Å². The van der Waals surface area contributed by atoms with Crippen LogP contribution in [0.3, 0.4) is 0 Å². The molecular weight excluding hydrogens is 286 g/mol. The summed E-state index contributed by atoms with van der Waals surface area (Å²) in [6.45, 7) is 3.34. The van der Waals surface area contributed by atoms with Crippen LogP contribution in [0.4, 0.5) is 5.69 Å². The summed E-state index contributed by atoms with van der Waals surface area (Å²) in [4.78, 5) is 28.6. The molecule has 0 radical (unpaired) electrons. The van der Waals surface area contributed by atoms with E-state index in [1.807, 2.05) is 0 Å². The van der Waals surface area contributed by atoms with Gasteiger partial charge in [0.05, 0.1) is 27.0 Å². The zero-order valence-electron chi connectivity index (χ0n) is 12.6. The van der Waals surface area contributed by atoms with Crippen molar-refractivity contribution in [2.24, 2.45) is 0 Å². The number of nitro benzene ring substituents is 1. The molecule has 1 aromatic carbocycles. The van der Waals surface area contributed by atoms with Crippen molar-refractivity contribution in [1.82, 2.24) is 9.88 Å². The number of nitrogens with zero attached hydrogens (tertiary/aromatic N) is 3. The minimum atomic E-state index is -1.03. The van der Waals surface area contributed by atoms with Crippen molar-refractivity contribution >= 4 is 22.5 Å². The summed E-state index contributed by atoms with van der Waals surface area (Å²) in [5.41, 5.74) is -0.573. The van der Waals surface area contributed by atoms with E-state index in [-0.39, 0.29) is 29.2 Å². The van der Waals surface area contributed by atoms with Gasteiger partial charge in [0, 0.05) is 25.9 Å². The number of nitro groups is 1. The predicted molar refractivity (Wildman–Crippen MR) is 81.7 cm³/mol. The van der Waals surface area contributed by atoms with Crippen LogP contribution in [0.15, 0.2) is 30.5 Å². The quantitative estimate of drug-likeness (QED) is 0.688. The van der Waals surface area contributed by atoms with Gasteiger partial charge in [-0.1, -0.05) is 0 Å². The van der Waals surface area contributed by atoms with E-state index in [0.29, 0.717) is 5.39 Å². The molecule has 0 unspecified atom stereocenters. The van der Waals surface area contributed by atoms with Crippen LogP contribution in [-0.2, 0) is 0 Å². The van der Waals surface area contributed by atoms with Gasteiger partial charge in [-0.3, -0.25) is 19.9 Å². The summed E-state index contributed by atoms with van der Waals surface area (Å²) in [6, 6.07) is 5.85. The second-order valence-corrected chi connectivity index (χ2v) is 5.76. The Labute approximate surface area is 127 Å². The van der Waals surface area contributed by atoms with Gasteiger partial charge in [0.25, 0.3) is 11.6 Å². The van der Waals surface area contributed by atoms with Crippen LogP contribution in [0.1, 0.15) is 24.2 Å². The Kier molecular flexibility index (Phi) is 4.09. The normalized spacial score (nSPS) is 11.5. The molecule has 7 heteroatoms. The molecule has 1 N–H and O–H groups in total. The van der Waals surface area contributed by atoms with Gasteiger partial charge in [-0.25, -0.2) is 0 Å². The highest BCUT2D eigenvalue weighted by molar-refractivity contribution is 6.07. The molecule has 116 valence electrons. The first-order chi connectivity index (χ1) is 10.2. The first-order valence-electron chi connectivity index (χ1n) is 6.70. The van der Waals surface area contributed by atoms with Crippen molar-refractivity contribution < 1.29 is 14.8 Å². The molecule has 1 heterocycles. The molecular formula is C15H17N3O4. The molecule has 0 saturated carbocycles. The van der Waals surface area contributed by atoms with Crippen LogP contribution in [0, 0.1) is 10.1 Å². The predicted octanol–water partition coefficient (Wildman–Crippen LogP) is 1.99. The Balaban J connectivity index is 2.51. The highest BCUT2D eigenvalue weighted by Crippen LogP contribution is 2.27. The molecule has 0 bridgehead atoms. The number of benzene rings is 1. The molecule has 1 aromatic heterocycles. The molecule has 0 aliphatic rings. The standard InChI is InChI=1S/C15H17N3O4/c1-15(2,20)9-17(3)14(19)11-6-7-12(18(21)22)10-5-4-8-16-13(10)11/h4-8,20H,9H2,1-3H3. The lowest BCUT2D eigenvalue weighted by Gasteiger charge is -2.25. The highest BCUT2D eigenvalue weighted by atomic mass is 16.6. The monoisotopic (exact) mass is 303 g/mol. The number of amides is 1. The third kappa shape index (κ3) is 3.20. The number of aliphatic hydroxyl groups is 1. The molecule has 2 rings (SSSR count). The average Bonchev–Trinajstić information content (AvgIpc) is 2.43. The van der Waals surface area contributed by atoms with Crippen LogP contribution < -0.4 is 0 Å². The minimum absolute atomic E-state index is 0.0928. The first kappa shape index (κ1) is 15.8. The van der Waals surface area contributed by atoms with Crippen molar-refractivity contribution in [1.29, 1.82) is 0 Å². The molecule has 1 amide bonds. The molecule has 0 saturated heterocycles. The Morgan fingerprint density at radius 3 is 2.68 bits per heavy atom. The van der Waals surface area contributed by atoms with Crippen LogP contribution >= 0.6 is 0 Å². The van der Waals surface area contributed by atoms with Crippen molar-refractivity contribution in [2.45, 2.75) is 19.4 Å². The molecule has 22 heavy (non-hydrogen) atoms. The molecule has 0 spiro atoms. The van der Waals surface area contributed by atoms with E-state index < -0.39 is 10.5 Å². The fraction of sp³-hybridized carbons (Fsp3) is 0.333. The maximum absolute atomic E-state index is 12.5. The first-order valence-corrected chi connectivity index (χ1v) is 6.70. The summed E-state index contributed by atoms with van der Waals surface area (Å²) < 4.78 is 0. The number of fused-ring (bicyclic) bond motifs is 1. The number of hydrogen-bond donors (Lipinski definition) is 1. The molecule has 0 atom stereocenters. The van der Waals surface area contributed by atoms with E-state index in [1.165, 1.54) is 23.2 Å². The van der Waals surface area contributed by atoms with Crippen LogP contribution in [0.5, 0.6) is 0 Å². The van der Waals surface area contributed by atoms with Crippen molar-refractivity contribution in [3.05, 3.63) is 46.1 Å². The average molecular weight is 303 g/mol. The van der Waals surface area contributed by atoms with Crippen LogP contribution in [0.2, 0.25) is 0 Å². The van der Waals surface area contributed by atoms with E-state index in [0.717, 1.165) is 0 Å². The minimum Gasteiger partial charge on any atom is -0.389 e. The van der Waals surface area contributed by atoms with Gasteiger partial charge in [0.1, 0.15) is 0 Å². The van der Waals surface area contributed by atoms with E-state index in [2.05, 4.69) is 4.98 Å². The van der Waals surface area contributed by atoms with Crippen molar-refractivity contribution in [3.63, 3.8) is 0 Å². The third-order valence-electron chi connectivity index (χ3n) is 3.14. The van der Waals surface area contributed by atoms with Gasteiger partial charge in [-0.05, 0) is 32.0 Å². The Morgan fingerprint density at radius 2 is 2.09 bits per heavy atom. The summed E-state index contributed by atoms with van der Waals surface area (Å²) >= 11 is 0. The fourth-order valence-electron chi connectivity index (χ4n) is 2.35. The lowest BCUT2D eigenvalue weighted by Crippen LogP contribution is -2.39. The van der Waals surface area contributed by atoms with Crippen LogP contribution in [0.25, 0.3) is 10.9 Å². The zero-order chi connectivity index (χ0) is 16.5. The topological polar surface area (TPSA) is 96.6 Å². The second kappa shape index (κ2) is 5.69. The Hall–Kier alpha value is -2.54. The molecule has 0 fully saturated rings. The summed E-state index contributed by atoms with van der Waals surface area (Å²) in [6.07, 6.45) is 1.48. The largest absolute Gasteiger partial charge is 0.389 e. The van der Waals surface area contributed by atoms with E-state index in [9.17, 15) is 20.0 Å². The zero-order valence-corrected chi connectivity index (χ0v) is 12.6. The Bertz CT molecular complexity index is 737. The molecule has 2 aromatic rings. The maximum atomic E-state index is 12.5. The van der Waals surface area contributed by atoms with Crippen molar-refractivity contribution in [3.8, 4) is 0 Å². The molecule has 7 nitrogen and oxygen atoms in total. The third-order valence-corrected chi connectivity index (χ3v) is 3.14. The van der Waals surface area contributed by atoms with Gasteiger partial charge >= 0.3 is 0 Å². The SMILES string of the molecule is CN(CC(C)(C)O)C(=O)c1ccc([N+](=O)[O-])c2cccnc12. The number of rotatable bonds is 4. The summed E-state index contributed by atoms with van der Waals surface area (Å²) in [5.74, 6) is -0.347. The number of carbonyl (C=O) groups is 1. The number of hydrogen-bond acceptors (Lipinski definition) is 5. The van der Waals surface area contributed by atoms with E-state index in [1.54, 1.807) is 33.0 Å². The smallest absolute Gasteiger partial charge is 0.278 e. The maximum Gasteiger partial charge on any atom is 0.278 e. The van der Waals surface area contributed by atoms with Gasteiger partial charge in [-0.15, -0.1) is 0 Å². The van der Waals surface area contributed by atoms with E-state index >= 15 is 0 Å². The van der Waals surface area contributed by atoms with E-state index in [4.69, 9.17) is 0 Å². The lowest BCUT2D eigenvalue weighted by atomic mass is 10.1. The van der Waals surface area contributed by atoms with Gasteiger partial charge in [-0.2, -0.15) is 0 Å². The second-order valence-electron chi connectivity index (χ2n) is 5.76. The molecule has 0 aliphatic heterocycles. The number of pyridine rings is 1. The Morgan fingerprint density at radius 1 is 1.41 bits per heavy atom. The number of aromatic nitrogens is 1. The van der Waals surface area contributed by atoms with Gasteiger partial charge in [0.15, 0.2) is 0 Å². The molecule has 0 aliphatic carbocycles. The summed E-state index contributed by atoms with van der Waals surface area (Å²) in [5, 5.41) is 21.2. The number of carbonyl (C=O) groups excluding carboxylic acids is 1. The number of non-ortho nitro benzene ring substituents is 1. The van der Waals surface area contributed by atoms with Crippen molar-refractivity contribution in [2.75, 3.05) is 13.6 Å². The highest BCUT2D eigenvalue weighted by Gasteiger charge is 2.24. The number of likely N-dealkylation sites (N-methyl/N-ethyl adjacent to an activating group) is 1. The fourth-order valence-corrected chi connectivity index (χ4v) is 2.35. The van der Waals surface area contributed by atoms with Gasteiger partial charge < -0.3 is 10.0 Å². The van der Waals surface area contributed by atoms with Crippen LogP contribution in [-0.4, -0.2) is 45.0 Å².